The highest BCUT2D eigenvalue weighted by Gasteiger charge is 2.23. The first-order valence-corrected chi connectivity index (χ1v) is 7.74. The topological polar surface area (TPSA) is 49.3 Å². The third-order valence-electron chi connectivity index (χ3n) is 3.63. The van der Waals surface area contributed by atoms with Crippen molar-refractivity contribution in [3.63, 3.8) is 0 Å². The van der Waals surface area contributed by atoms with Crippen molar-refractivity contribution in [3.05, 3.63) is 70.5 Å². The van der Waals surface area contributed by atoms with Crippen molar-refractivity contribution in [1.29, 1.82) is 0 Å². The average Bonchev–Trinajstić information content (AvgIpc) is 2.51. The highest BCUT2D eigenvalue weighted by atomic mass is 35.5. The van der Waals surface area contributed by atoms with Gasteiger partial charge in [-0.2, -0.15) is 0 Å². The van der Waals surface area contributed by atoms with Gasteiger partial charge in [-0.05, 0) is 48.7 Å². The van der Waals surface area contributed by atoms with Gasteiger partial charge in [0.15, 0.2) is 0 Å². The highest BCUT2D eigenvalue weighted by molar-refractivity contribution is 6.30. The van der Waals surface area contributed by atoms with E-state index in [4.69, 9.17) is 11.6 Å². The van der Waals surface area contributed by atoms with Gasteiger partial charge in [0.2, 0.25) is 5.91 Å². The van der Waals surface area contributed by atoms with E-state index in [9.17, 15) is 14.3 Å². The zero-order chi connectivity index (χ0) is 16.9. The van der Waals surface area contributed by atoms with Gasteiger partial charge in [-0.1, -0.05) is 35.9 Å². The molecular formula is C18H19ClFNO2. The van der Waals surface area contributed by atoms with Crippen molar-refractivity contribution in [2.24, 2.45) is 0 Å². The summed E-state index contributed by atoms with van der Waals surface area (Å²) in [7, 11) is 0. The van der Waals surface area contributed by atoms with Gasteiger partial charge >= 0.3 is 0 Å². The van der Waals surface area contributed by atoms with Crippen LogP contribution in [0.5, 0.6) is 0 Å². The van der Waals surface area contributed by atoms with E-state index in [2.05, 4.69) is 5.32 Å². The minimum atomic E-state index is -1.18. The Bertz CT molecular complexity index is 671. The maximum Gasteiger partial charge on any atom is 0.220 e. The molecule has 2 rings (SSSR count). The van der Waals surface area contributed by atoms with Crippen molar-refractivity contribution in [1.82, 2.24) is 5.32 Å². The van der Waals surface area contributed by atoms with Crippen molar-refractivity contribution >= 4 is 17.5 Å². The number of halogens is 2. The predicted octanol–water partition coefficient (Wildman–Crippen LogP) is 3.44. The van der Waals surface area contributed by atoms with E-state index in [1.807, 2.05) is 0 Å². The lowest BCUT2D eigenvalue weighted by molar-refractivity contribution is -0.122. The van der Waals surface area contributed by atoms with Crippen LogP contribution in [-0.2, 0) is 16.8 Å². The van der Waals surface area contributed by atoms with Gasteiger partial charge in [0.05, 0.1) is 6.54 Å². The molecule has 0 radical (unpaired) electrons. The normalized spacial score (nSPS) is 13.4. The maximum absolute atomic E-state index is 13.1. The fourth-order valence-electron chi connectivity index (χ4n) is 2.22. The van der Waals surface area contributed by atoms with E-state index in [-0.39, 0.29) is 24.7 Å². The molecular weight excluding hydrogens is 317 g/mol. The number of hydrogen-bond donors (Lipinski definition) is 2. The second kappa shape index (κ2) is 7.57. The van der Waals surface area contributed by atoms with Crippen LogP contribution < -0.4 is 5.32 Å². The van der Waals surface area contributed by atoms with E-state index in [1.165, 1.54) is 12.1 Å². The molecule has 0 saturated carbocycles. The van der Waals surface area contributed by atoms with Gasteiger partial charge in [-0.3, -0.25) is 4.79 Å². The molecule has 0 saturated heterocycles. The molecule has 0 spiro atoms. The molecule has 5 heteroatoms. The third kappa shape index (κ3) is 5.34. The summed E-state index contributed by atoms with van der Waals surface area (Å²) >= 11 is 5.82. The van der Waals surface area contributed by atoms with Crippen molar-refractivity contribution in [2.75, 3.05) is 6.54 Å². The SMILES string of the molecule is CC(O)(CNC(=O)CCc1cccc(F)c1)c1ccc(Cl)cc1. The van der Waals surface area contributed by atoms with Crippen LogP contribution in [0.4, 0.5) is 4.39 Å². The Labute approximate surface area is 140 Å². The maximum atomic E-state index is 13.1. The summed E-state index contributed by atoms with van der Waals surface area (Å²) in [5, 5.41) is 13.7. The lowest BCUT2D eigenvalue weighted by atomic mass is 9.96. The molecule has 1 unspecified atom stereocenters. The van der Waals surface area contributed by atoms with Crippen LogP contribution in [0.25, 0.3) is 0 Å². The van der Waals surface area contributed by atoms with Crippen molar-refractivity contribution in [2.45, 2.75) is 25.4 Å². The van der Waals surface area contributed by atoms with E-state index in [0.29, 0.717) is 17.0 Å². The zero-order valence-electron chi connectivity index (χ0n) is 12.9. The fourth-order valence-corrected chi connectivity index (χ4v) is 2.35. The quantitative estimate of drug-likeness (QED) is 0.849. The molecule has 1 amide bonds. The monoisotopic (exact) mass is 335 g/mol. The summed E-state index contributed by atoms with van der Waals surface area (Å²) < 4.78 is 13.1. The van der Waals surface area contributed by atoms with Gasteiger partial charge in [0, 0.05) is 11.4 Å². The Morgan fingerprint density at radius 2 is 1.96 bits per heavy atom. The Hall–Kier alpha value is -1.91. The van der Waals surface area contributed by atoms with Crippen LogP contribution in [0.1, 0.15) is 24.5 Å². The average molecular weight is 336 g/mol. The van der Waals surface area contributed by atoms with Crippen LogP contribution in [-0.4, -0.2) is 17.6 Å². The second-order valence-electron chi connectivity index (χ2n) is 5.69. The molecule has 1 atom stereocenters. The Morgan fingerprint density at radius 3 is 2.61 bits per heavy atom. The minimum Gasteiger partial charge on any atom is -0.384 e. The highest BCUT2D eigenvalue weighted by Crippen LogP contribution is 2.21. The van der Waals surface area contributed by atoms with E-state index in [1.54, 1.807) is 43.3 Å². The Balaban J connectivity index is 1.84. The molecule has 122 valence electrons. The minimum absolute atomic E-state index is 0.0939. The fraction of sp³-hybridized carbons (Fsp3) is 0.278. The number of benzene rings is 2. The Morgan fingerprint density at radius 1 is 1.26 bits per heavy atom. The lowest BCUT2D eigenvalue weighted by Crippen LogP contribution is -2.38. The van der Waals surface area contributed by atoms with Crippen LogP contribution >= 0.6 is 11.6 Å². The van der Waals surface area contributed by atoms with Gasteiger partial charge in [-0.25, -0.2) is 4.39 Å². The Kier molecular flexibility index (Phi) is 5.74. The van der Waals surface area contributed by atoms with E-state index >= 15 is 0 Å². The van der Waals surface area contributed by atoms with E-state index in [0.717, 1.165) is 5.56 Å². The molecule has 0 aliphatic rings. The zero-order valence-corrected chi connectivity index (χ0v) is 13.6. The molecule has 0 aromatic heterocycles. The molecule has 0 heterocycles. The number of nitrogens with one attached hydrogen (secondary N) is 1. The van der Waals surface area contributed by atoms with Gasteiger partial charge in [-0.15, -0.1) is 0 Å². The standard InChI is InChI=1S/C18H19ClFNO2/c1-18(23,14-6-8-15(19)9-7-14)12-21-17(22)10-5-13-3-2-4-16(20)11-13/h2-4,6-9,11,23H,5,10,12H2,1H3,(H,21,22). The van der Waals surface area contributed by atoms with Crippen molar-refractivity contribution in [3.8, 4) is 0 Å². The summed E-state index contributed by atoms with van der Waals surface area (Å²) in [5.41, 5.74) is 0.260. The molecule has 2 N–H and O–H groups in total. The smallest absolute Gasteiger partial charge is 0.220 e. The van der Waals surface area contributed by atoms with Gasteiger partial charge in [0.1, 0.15) is 11.4 Å². The number of hydrogen-bond acceptors (Lipinski definition) is 2. The molecule has 0 bridgehead atoms. The first-order chi connectivity index (χ1) is 10.9. The van der Waals surface area contributed by atoms with Crippen LogP contribution in [0.2, 0.25) is 5.02 Å². The first-order valence-electron chi connectivity index (χ1n) is 7.36. The predicted molar refractivity (Wildman–Crippen MR) is 88.8 cm³/mol. The third-order valence-corrected chi connectivity index (χ3v) is 3.88. The second-order valence-corrected chi connectivity index (χ2v) is 6.12. The molecule has 0 aliphatic carbocycles. The summed E-state index contributed by atoms with van der Waals surface area (Å²) in [5.74, 6) is -0.503. The summed E-state index contributed by atoms with van der Waals surface area (Å²) in [6.07, 6.45) is 0.687. The molecule has 0 aliphatic heterocycles. The largest absolute Gasteiger partial charge is 0.384 e. The van der Waals surface area contributed by atoms with Crippen LogP contribution in [0.3, 0.4) is 0 Å². The molecule has 3 nitrogen and oxygen atoms in total. The lowest BCUT2D eigenvalue weighted by Gasteiger charge is -2.24. The summed E-state index contributed by atoms with van der Waals surface area (Å²) in [6.45, 7) is 1.72. The summed E-state index contributed by atoms with van der Waals surface area (Å²) in [6, 6.07) is 13.0. The van der Waals surface area contributed by atoms with Crippen LogP contribution in [0, 0.1) is 5.82 Å². The molecule has 23 heavy (non-hydrogen) atoms. The van der Waals surface area contributed by atoms with Gasteiger partial charge in [0.25, 0.3) is 0 Å². The molecule has 0 fully saturated rings. The van der Waals surface area contributed by atoms with Crippen molar-refractivity contribution < 1.29 is 14.3 Å². The number of aryl methyl sites for hydroxylation is 1. The number of aliphatic hydroxyl groups is 1. The van der Waals surface area contributed by atoms with Gasteiger partial charge < -0.3 is 10.4 Å². The number of rotatable bonds is 6. The molecule has 2 aromatic rings. The first kappa shape index (κ1) is 17.4. The van der Waals surface area contributed by atoms with E-state index < -0.39 is 5.60 Å². The molecule has 2 aromatic carbocycles. The summed E-state index contributed by atoms with van der Waals surface area (Å²) in [4.78, 5) is 11.9. The van der Waals surface area contributed by atoms with Crippen LogP contribution in [0.15, 0.2) is 48.5 Å². The number of amides is 1. The number of carbonyl (C=O) groups excluding carboxylic acids is 1. The number of carbonyl (C=O) groups is 1.